The molecule has 0 spiro atoms. The van der Waals surface area contributed by atoms with Gasteiger partial charge >= 0.3 is 0 Å². The summed E-state index contributed by atoms with van der Waals surface area (Å²) < 4.78 is 0. The molecular weight excluding hydrogens is 288 g/mol. The van der Waals surface area contributed by atoms with Crippen LogP contribution in [0.4, 0.5) is 0 Å². The van der Waals surface area contributed by atoms with Crippen LogP contribution in [0.3, 0.4) is 0 Å². The Morgan fingerprint density at radius 1 is 0.600 bits per heavy atom. The van der Waals surface area contributed by atoms with Crippen LogP contribution in [-0.4, -0.2) is 10.2 Å². The summed E-state index contributed by atoms with van der Waals surface area (Å²) >= 11 is 0. The quantitative estimate of drug-likeness (QED) is 0.771. The van der Waals surface area contributed by atoms with E-state index in [9.17, 15) is 10.2 Å². The van der Waals surface area contributed by atoms with Gasteiger partial charge in [0, 0.05) is 9.79 Å². The van der Waals surface area contributed by atoms with Crippen LogP contribution >= 0.6 is 21.6 Å². The van der Waals surface area contributed by atoms with Gasteiger partial charge in [0.05, 0.1) is 0 Å². The Hall–Kier alpha value is -1.26. The van der Waals surface area contributed by atoms with Gasteiger partial charge in [0.2, 0.25) is 0 Å². The molecular formula is C16H18O2S2. The van der Waals surface area contributed by atoms with Gasteiger partial charge in [-0.2, -0.15) is 0 Å². The fourth-order valence-electron chi connectivity index (χ4n) is 1.91. The summed E-state index contributed by atoms with van der Waals surface area (Å²) in [5, 5.41) is 19.6. The lowest BCUT2D eigenvalue weighted by atomic mass is 10.1. The molecule has 0 aliphatic rings. The molecule has 2 aromatic carbocycles. The summed E-state index contributed by atoms with van der Waals surface area (Å²) in [6.45, 7) is 7.86. The van der Waals surface area contributed by atoms with E-state index in [-0.39, 0.29) is 0 Å². The Morgan fingerprint density at radius 3 is 1.30 bits per heavy atom. The highest BCUT2D eigenvalue weighted by Crippen LogP contribution is 2.43. The van der Waals surface area contributed by atoms with Crippen molar-refractivity contribution in [2.75, 3.05) is 0 Å². The summed E-state index contributed by atoms with van der Waals surface area (Å²) in [6.07, 6.45) is 0. The molecule has 2 aromatic rings. The van der Waals surface area contributed by atoms with E-state index in [2.05, 4.69) is 0 Å². The fraction of sp³-hybridized carbons (Fsp3) is 0.250. The summed E-state index contributed by atoms with van der Waals surface area (Å²) in [7, 11) is 3.19. The molecule has 0 saturated carbocycles. The normalized spacial score (nSPS) is 10.8. The number of aromatic hydroxyl groups is 2. The minimum Gasteiger partial charge on any atom is -0.508 e. The van der Waals surface area contributed by atoms with Crippen LogP contribution in [0.1, 0.15) is 22.3 Å². The van der Waals surface area contributed by atoms with Crippen LogP contribution < -0.4 is 0 Å². The van der Waals surface area contributed by atoms with E-state index in [1.807, 2.05) is 39.8 Å². The van der Waals surface area contributed by atoms with Gasteiger partial charge in [-0.15, -0.1) is 0 Å². The average molecular weight is 306 g/mol. The van der Waals surface area contributed by atoms with Crippen molar-refractivity contribution < 1.29 is 10.2 Å². The first kappa shape index (κ1) is 15.1. The highest BCUT2D eigenvalue weighted by molar-refractivity contribution is 8.76. The Morgan fingerprint density at radius 2 is 0.950 bits per heavy atom. The molecule has 0 amide bonds. The zero-order chi connectivity index (χ0) is 14.9. The Bertz CT molecular complexity index is 594. The predicted molar refractivity (Wildman–Crippen MR) is 86.9 cm³/mol. The van der Waals surface area contributed by atoms with Crippen LogP contribution in [-0.2, 0) is 0 Å². The van der Waals surface area contributed by atoms with Crippen molar-refractivity contribution >= 4 is 21.6 Å². The first-order valence-corrected chi connectivity index (χ1v) is 8.48. The maximum absolute atomic E-state index is 9.79. The second-order valence-corrected chi connectivity index (χ2v) is 7.19. The zero-order valence-electron chi connectivity index (χ0n) is 12.0. The van der Waals surface area contributed by atoms with Crippen molar-refractivity contribution in [3.63, 3.8) is 0 Å². The molecule has 0 heterocycles. The van der Waals surface area contributed by atoms with Gasteiger partial charge in [-0.25, -0.2) is 0 Å². The van der Waals surface area contributed by atoms with E-state index < -0.39 is 0 Å². The van der Waals surface area contributed by atoms with Gasteiger partial charge in [0.15, 0.2) is 0 Å². The smallest absolute Gasteiger partial charge is 0.119 e. The number of benzene rings is 2. The maximum atomic E-state index is 9.79. The van der Waals surface area contributed by atoms with E-state index in [4.69, 9.17) is 0 Å². The summed E-state index contributed by atoms with van der Waals surface area (Å²) in [5.74, 6) is 0.643. The number of phenols is 2. The molecule has 0 radical (unpaired) electrons. The van der Waals surface area contributed by atoms with Gasteiger partial charge in [0.1, 0.15) is 11.5 Å². The summed E-state index contributed by atoms with van der Waals surface area (Å²) in [6, 6.07) is 7.56. The second-order valence-electron chi connectivity index (χ2n) is 4.98. The molecule has 2 N–H and O–H groups in total. The van der Waals surface area contributed by atoms with Crippen molar-refractivity contribution in [1.82, 2.24) is 0 Å². The first-order valence-electron chi connectivity index (χ1n) is 6.33. The highest BCUT2D eigenvalue weighted by atomic mass is 33.1. The molecule has 106 valence electrons. The maximum Gasteiger partial charge on any atom is 0.119 e. The SMILES string of the molecule is Cc1cc(C)c(SSc2cc(O)c(C)cc2C)cc1O. The molecule has 4 heteroatoms. The summed E-state index contributed by atoms with van der Waals surface area (Å²) in [4.78, 5) is 2.08. The van der Waals surface area contributed by atoms with Crippen LogP contribution in [0.2, 0.25) is 0 Å². The number of hydrogen-bond acceptors (Lipinski definition) is 4. The largest absolute Gasteiger partial charge is 0.508 e. The van der Waals surface area contributed by atoms with Crippen molar-refractivity contribution in [3.05, 3.63) is 46.5 Å². The lowest BCUT2D eigenvalue weighted by molar-refractivity contribution is 0.469. The van der Waals surface area contributed by atoms with Crippen molar-refractivity contribution in [3.8, 4) is 11.5 Å². The Balaban J connectivity index is 2.21. The second kappa shape index (κ2) is 6.02. The predicted octanol–water partition coefficient (Wildman–Crippen LogP) is 5.13. The minimum atomic E-state index is 0.321. The van der Waals surface area contributed by atoms with Crippen molar-refractivity contribution in [2.45, 2.75) is 37.5 Å². The third-order valence-electron chi connectivity index (χ3n) is 3.21. The molecule has 20 heavy (non-hydrogen) atoms. The van der Waals surface area contributed by atoms with Crippen LogP contribution in [0.5, 0.6) is 11.5 Å². The Kier molecular flexibility index (Phi) is 4.55. The molecule has 0 aliphatic carbocycles. The first-order chi connectivity index (χ1) is 9.38. The van der Waals surface area contributed by atoms with Gasteiger partial charge in [-0.1, -0.05) is 33.7 Å². The van der Waals surface area contributed by atoms with Crippen molar-refractivity contribution in [2.24, 2.45) is 0 Å². The molecule has 0 bridgehead atoms. The molecule has 0 aliphatic heterocycles. The summed E-state index contributed by atoms with van der Waals surface area (Å²) in [5.41, 5.74) is 4.07. The van der Waals surface area contributed by atoms with Crippen molar-refractivity contribution in [1.29, 1.82) is 0 Å². The van der Waals surface area contributed by atoms with Gasteiger partial charge in [-0.05, 0) is 62.1 Å². The van der Waals surface area contributed by atoms with Gasteiger partial charge in [-0.3, -0.25) is 0 Å². The zero-order valence-corrected chi connectivity index (χ0v) is 13.7. The lowest BCUT2D eigenvalue weighted by Gasteiger charge is -2.10. The molecule has 0 saturated heterocycles. The third-order valence-corrected chi connectivity index (χ3v) is 5.86. The standard InChI is InChI=1S/C16H18O2S2/c1-9-5-11(3)15(7-13(9)17)19-20-16-8-14(18)10(2)6-12(16)4/h5-8,17-18H,1-4H3. The molecule has 0 atom stereocenters. The highest BCUT2D eigenvalue weighted by Gasteiger charge is 2.08. The lowest BCUT2D eigenvalue weighted by Crippen LogP contribution is -1.84. The van der Waals surface area contributed by atoms with Crippen LogP contribution in [0.25, 0.3) is 0 Å². The number of hydrogen-bond donors (Lipinski definition) is 2. The van der Waals surface area contributed by atoms with Gasteiger partial charge in [0.25, 0.3) is 0 Å². The third kappa shape index (κ3) is 3.25. The number of rotatable bonds is 3. The minimum absolute atomic E-state index is 0.321. The monoisotopic (exact) mass is 306 g/mol. The fourth-order valence-corrected chi connectivity index (χ4v) is 4.41. The average Bonchev–Trinajstić information content (AvgIpc) is 2.37. The van der Waals surface area contributed by atoms with E-state index in [0.717, 1.165) is 32.0 Å². The number of aryl methyl sites for hydroxylation is 4. The molecule has 2 rings (SSSR count). The molecule has 0 fully saturated rings. The van der Waals surface area contributed by atoms with Gasteiger partial charge < -0.3 is 10.2 Å². The Labute approximate surface area is 127 Å². The van der Waals surface area contributed by atoms with Crippen LogP contribution in [0, 0.1) is 27.7 Å². The molecule has 0 aromatic heterocycles. The topological polar surface area (TPSA) is 40.5 Å². The van der Waals surface area contributed by atoms with Crippen LogP contribution in [0.15, 0.2) is 34.1 Å². The van der Waals surface area contributed by atoms with E-state index in [0.29, 0.717) is 11.5 Å². The van der Waals surface area contributed by atoms with E-state index >= 15 is 0 Å². The van der Waals surface area contributed by atoms with E-state index in [1.54, 1.807) is 33.7 Å². The molecule has 2 nitrogen and oxygen atoms in total. The number of phenolic OH excluding ortho intramolecular Hbond substituents is 2. The molecule has 0 unspecified atom stereocenters. The van der Waals surface area contributed by atoms with E-state index in [1.165, 1.54) is 0 Å².